The second-order valence-corrected chi connectivity index (χ2v) is 6.13. The molecule has 1 amide bonds. The number of hydrogen-bond acceptors (Lipinski definition) is 3. The second kappa shape index (κ2) is 4.85. The molecule has 1 heterocycles. The maximum atomic E-state index is 12.5. The van der Waals surface area contributed by atoms with E-state index >= 15 is 0 Å². The molecule has 1 aromatic carbocycles. The molecule has 0 spiro atoms. The summed E-state index contributed by atoms with van der Waals surface area (Å²) >= 11 is 0. The summed E-state index contributed by atoms with van der Waals surface area (Å²) in [6.45, 7) is 7.34. The molecule has 0 aliphatic carbocycles. The van der Waals surface area contributed by atoms with Crippen LogP contribution in [-0.4, -0.2) is 35.0 Å². The predicted molar refractivity (Wildman–Crippen MR) is 75.1 cm³/mol. The van der Waals surface area contributed by atoms with Crippen molar-refractivity contribution in [1.82, 2.24) is 4.90 Å². The van der Waals surface area contributed by atoms with Crippen LogP contribution in [0.2, 0.25) is 0 Å². The minimum absolute atomic E-state index is 0.0447. The van der Waals surface area contributed by atoms with Gasteiger partial charge in [0.25, 0.3) is 5.91 Å². The van der Waals surface area contributed by atoms with Crippen molar-refractivity contribution in [3.05, 3.63) is 29.3 Å². The summed E-state index contributed by atoms with van der Waals surface area (Å²) in [7, 11) is 0. The predicted octanol–water partition coefficient (Wildman–Crippen LogP) is 1.90. The van der Waals surface area contributed by atoms with Crippen LogP contribution >= 0.6 is 0 Å². The van der Waals surface area contributed by atoms with E-state index < -0.39 is 0 Å². The number of piperidine rings is 1. The average molecular weight is 262 g/mol. The zero-order valence-electron chi connectivity index (χ0n) is 11.8. The molecule has 2 rings (SSSR count). The number of nitrogens with zero attached hydrogens (tertiary/aromatic N) is 1. The van der Waals surface area contributed by atoms with Gasteiger partial charge < -0.3 is 15.7 Å². The molecule has 4 nitrogen and oxygen atoms in total. The van der Waals surface area contributed by atoms with Crippen LogP contribution in [0, 0.1) is 12.3 Å². The van der Waals surface area contributed by atoms with E-state index in [9.17, 15) is 9.90 Å². The molecule has 1 fully saturated rings. The maximum Gasteiger partial charge on any atom is 0.257 e. The summed E-state index contributed by atoms with van der Waals surface area (Å²) in [6.07, 6.45) is 0.797. The van der Waals surface area contributed by atoms with E-state index in [0.29, 0.717) is 18.7 Å². The van der Waals surface area contributed by atoms with E-state index in [1.807, 2.05) is 6.92 Å². The maximum absolute atomic E-state index is 12.5. The number of amides is 1. The van der Waals surface area contributed by atoms with Gasteiger partial charge in [-0.1, -0.05) is 25.5 Å². The Hall–Kier alpha value is -1.55. The monoisotopic (exact) mass is 262 g/mol. The standard InChI is InChI=1S/C15H22N2O2/c1-10-4-5-12(18)11(8-10)14(19)17-7-6-13(16)15(2,3)9-17/h4-5,8,13,18H,6-7,9,16H2,1-3H3. The van der Waals surface area contributed by atoms with Crippen molar-refractivity contribution < 1.29 is 9.90 Å². The Balaban J connectivity index is 2.23. The number of aryl methyl sites for hydroxylation is 1. The molecule has 0 bridgehead atoms. The minimum atomic E-state index is -0.110. The number of hydrogen-bond donors (Lipinski definition) is 2. The lowest BCUT2D eigenvalue weighted by Gasteiger charge is -2.42. The van der Waals surface area contributed by atoms with Crippen LogP contribution in [0.4, 0.5) is 0 Å². The summed E-state index contributed by atoms with van der Waals surface area (Å²) in [6, 6.07) is 5.22. The van der Waals surface area contributed by atoms with E-state index in [1.54, 1.807) is 23.1 Å². The van der Waals surface area contributed by atoms with Crippen LogP contribution in [0.25, 0.3) is 0 Å². The Morgan fingerprint density at radius 2 is 2.16 bits per heavy atom. The number of phenols is 1. The molecular formula is C15H22N2O2. The van der Waals surface area contributed by atoms with Gasteiger partial charge in [0, 0.05) is 19.1 Å². The van der Waals surface area contributed by atoms with Crippen molar-refractivity contribution >= 4 is 5.91 Å². The van der Waals surface area contributed by atoms with E-state index in [-0.39, 0.29) is 23.1 Å². The van der Waals surface area contributed by atoms with Gasteiger partial charge in [-0.3, -0.25) is 4.79 Å². The topological polar surface area (TPSA) is 66.6 Å². The fourth-order valence-electron chi connectivity index (χ4n) is 2.54. The summed E-state index contributed by atoms with van der Waals surface area (Å²) < 4.78 is 0. The van der Waals surface area contributed by atoms with Gasteiger partial charge in [0.15, 0.2) is 0 Å². The molecule has 1 saturated heterocycles. The summed E-state index contributed by atoms with van der Waals surface area (Å²) in [5.74, 6) is -0.0653. The Bertz CT molecular complexity index is 497. The number of carbonyl (C=O) groups is 1. The number of nitrogens with two attached hydrogens (primary N) is 1. The SMILES string of the molecule is Cc1ccc(O)c(C(=O)N2CCC(N)C(C)(C)C2)c1. The Morgan fingerprint density at radius 1 is 1.47 bits per heavy atom. The Morgan fingerprint density at radius 3 is 2.79 bits per heavy atom. The van der Waals surface area contributed by atoms with Crippen LogP contribution in [0.3, 0.4) is 0 Å². The molecule has 1 aliphatic rings. The highest BCUT2D eigenvalue weighted by molar-refractivity contribution is 5.97. The molecule has 4 heteroatoms. The van der Waals surface area contributed by atoms with Crippen molar-refractivity contribution in [1.29, 1.82) is 0 Å². The molecule has 1 atom stereocenters. The van der Waals surface area contributed by atoms with Crippen molar-refractivity contribution in [3.63, 3.8) is 0 Å². The highest BCUT2D eigenvalue weighted by Gasteiger charge is 2.36. The van der Waals surface area contributed by atoms with Crippen molar-refractivity contribution in [2.24, 2.45) is 11.1 Å². The fraction of sp³-hybridized carbons (Fsp3) is 0.533. The number of aromatic hydroxyl groups is 1. The summed E-state index contributed by atoms with van der Waals surface area (Å²) in [5, 5.41) is 9.85. The van der Waals surface area contributed by atoms with Gasteiger partial charge in [0.05, 0.1) is 5.56 Å². The van der Waals surface area contributed by atoms with Crippen LogP contribution in [0.5, 0.6) is 5.75 Å². The quantitative estimate of drug-likeness (QED) is 0.812. The lowest BCUT2D eigenvalue weighted by molar-refractivity contribution is 0.0530. The molecular weight excluding hydrogens is 240 g/mol. The van der Waals surface area contributed by atoms with Gasteiger partial charge in [0.2, 0.25) is 0 Å². The van der Waals surface area contributed by atoms with Crippen LogP contribution < -0.4 is 5.73 Å². The first-order valence-corrected chi connectivity index (χ1v) is 6.66. The van der Waals surface area contributed by atoms with E-state index in [0.717, 1.165) is 12.0 Å². The third kappa shape index (κ3) is 2.73. The van der Waals surface area contributed by atoms with Gasteiger partial charge in [-0.2, -0.15) is 0 Å². The molecule has 0 radical (unpaired) electrons. The van der Waals surface area contributed by atoms with Crippen molar-refractivity contribution in [2.45, 2.75) is 33.2 Å². The third-order valence-corrected chi connectivity index (χ3v) is 3.98. The van der Waals surface area contributed by atoms with Crippen molar-refractivity contribution in [3.8, 4) is 5.75 Å². The Labute approximate surface area is 114 Å². The molecule has 1 aromatic rings. The molecule has 1 aliphatic heterocycles. The van der Waals surface area contributed by atoms with Crippen LogP contribution in [0.15, 0.2) is 18.2 Å². The number of rotatable bonds is 1. The van der Waals surface area contributed by atoms with Crippen molar-refractivity contribution in [2.75, 3.05) is 13.1 Å². The van der Waals surface area contributed by atoms with E-state index in [4.69, 9.17) is 5.73 Å². The first-order chi connectivity index (χ1) is 8.81. The Kier molecular flexibility index (Phi) is 3.54. The number of carbonyl (C=O) groups excluding carboxylic acids is 1. The molecule has 1 unspecified atom stereocenters. The molecule has 104 valence electrons. The molecule has 3 N–H and O–H groups in total. The normalized spacial score (nSPS) is 22.3. The van der Waals surface area contributed by atoms with Gasteiger partial charge in [-0.25, -0.2) is 0 Å². The number of likely N-dealkylation sites (tertiary alicyclic amines) is 1. The largest absolute Gasteiger partial charge is 0.507 e. The van der Waals surface area contributed by atoms with Gasteiger partial charge >= 0.3 is 0 Å². The van der Waals surface area contributed by atoms with Gasteiger partial charge in [-0.15, -0.1) is 0 Å². The van der Waals surface area contributed by atoms with Crippen LogP contribution in [0.1, 0.15) is 36.2 Å². The summed E-state index contributed by atoms with van der Waals surface area (Å²) in [5.41, 5.74) is 7.34. The highest BCUT2D eigenvalue weighted by atomic mass is 16.3. The molecule has 0 saturated carbocycles. The molecule has 0 aromatic heterocycles. The smallest absolute Gasteiger partial charge is 0.257 e. The number of benzene rings is 1. The fourth-order valence-corrected chi connectivity index (χ4v) is 2.54. The third-order valence-electron chi connectivity index (χ3n) is 3.98. The molecule has 19 heavy (non-hydrogen) atoms. The number of phenolic OH excluding ortho intramolecular Hbond substituents is 1. The minimum Gasteiger partial charge on any atom is -0.507 e. The van der Waals surface area contributed by atoms with Gasteiger partial charge in [-0.05, 0) is 30.9 Å². The average Bonchev–Trinajstić information content (AvgIpc) is 2.35. The zero-order chi connectivity index (χ0) is 14.2. The first kappa shape index (κ1) is 13.9. The second-order valence-electron chi connectivity index (χ2n) is 6.13. The van der Waals surface area contributed by atoms with E-state index in [1.165, 1.54) is 0 Å². The van der Waals surface area contributed by atoms with Crippen LogP contribution in [-0.2, 0) is 0 Å². The zero-order valence-corrected chi connectivity index (χ0v) is 11.8. The van der Waals surface area contributed by atoms with E-state index in [2.05, 4.69) is 13.8 Å². The first-order valence-electron chi connectivity index (χ1n) is 6.66. The lowest BCUT2D eigenvalue weighted by atomic mass is 9.79. The van der Waals surface area contributed by atoms with Gasteiger partial charge in [0.1, 0.15) is 5.75 Å². The highest BCUT2D eigenvalue weighted by Crippen LogP contribution is 2.30. The summed E-state index contributed by atoms with van der Waals surface area (Å²) in [4.78, 5) is 14.3. The lowest BCUT2D eigenvalue weighted by Crippen LogP contribution is -2.54.